The monoisotopic (exact) mass is 370 g/mol. The fraction of sp³-hybridized carbons (Fsp3) is 0.333. The lowest BCUT2D eigenvalue weighted by Crippen LogP contribution is -2.50. The van der Waals surface area contributed by atoms with Crippen molar-refractivity contribution in [3.8, 4) is 0 Å². The molecule has 1 saturated heterocycles. The summed E-state index contributed by atoms with van der Waals surface area (Å²) in [5, 5.41) is 0. The lowest BCUT2D eigenvalue weighted by molar-refractivity contribution is -0.136. The largest absolute Gasteiger partial charge is 0.364 e. The zero-order valence-electron chi connectivity index (χ0n) is 14.6. The smallest absolute Gasteiger partial charge is 0.248 e. The first-order chi connectivity index (χ1) is 13.2. The number of benzene rings is 1. The molecule has 3 aromatic rings. The molecule has 4 rings (SSSR count). The van der Waals surface area contributed by atoms with Crippen LogP contribution in [0.5, 0.6) is 0 Å². The summed E-state index contributed by atoms with van der Waals surface area (Å²) in [5.41, 5.74) is 1.28. The highest BCUT2D eigenvalue weighted by molar-refractivity contribution is 5.78. The number of aromatic amines is 1. The van der Waals surface area contributed by atoms with Crippen LogP contribution in [0, 0.1) is 5.82 Å². The van der Waals surface area contributed by atoms with E-state index in [1.54, 1.807) is 29.6 Å². The maximum atomic E-state index is 13.2. The molecule has 0 unspecified atom stereocenters. The van der Waals surface area contributed by atoms with E-state index in [1.807, 2.05) is 0 Å². The molecule has 27 heavy (non-hydrogen) atoms. The predicted molar refractivity (Wildman–Crippen MR) is 96.5 cm³/mol. The van der Waals surface area contributed by atoms with Crippen molar-refractivity contribution in [3.63, 3.8) is 0 Å². The molecule has 0 bridgehead atoms. The minimum atomic E-state index is -0.325. The predicted octanol–water partition coefficient (Wildman–Crippen LogP) is 1.36. The van der Waals surface area contributed by atoms with Gasteiger partial charge in [0.15, 0.2) is 0 Å². The fourth-order valence-corrected chi connectivity index (χ4v) is 3.07. The number of anilines is 1. The molecule has 2 aromatic heterocycles. The van der Waals surface area contributed by atoms with Gasteiger partial charge in [-0.3, -0.25) is 9.78 Å². The number of rotatable bonds is 5. The van der Waals surface area contributed by atoms with E-state index < -0.39 is 0 Å². The Morgan fingerprint density at radius 1 is 1.22 bits per heavy atom. The van der Waals surface area contributed by atoms with Gasteiger partial charge in [0.25, 0.3) is 0 Å². The van der Waals surface area contributed by atoms with Gasteiger partial charge in [0.2, 0.25) is 5.91 Å². The first kappa shape index (κ1) is 17.3. The Morgan fingerprint density at radius 2 is 2.07 bits per heavy atom. The molecule has 140 valence electrons. The number of nitrogens with one attached hydrogen (secondary N) is 1. The minimum Gasteiger partial charge on any atom is -0.364 e. The van der Waals surface area contributed by atoms with Crippen molar-refractivity contribution < 1.29 is 13.9 Å². The third kappa shape index (κ3) is 4.03. The van der Waals surface area contributed by atoms with Gasteiger partial charge in [-0.1, -0.05) is 0 Å². The average molecular weight is 370 g/mol. The van der Waals surface area contributed by atoms with Crippen LogP contribution in [-0.4, -0.2) is 63.5 Å². The molecule has 0 atom stereocenters. The Hall–Kier alpha value is -3.07. The standard InChI is InChI=1S/C18H19FN6O2/c19-13-1-2-14-15(9-13)23-16(22-14)11-27-12-18(26)25-7-5-24(6-8-25)17-10-20-3-4-21-17/h1-4,9-10H,5-8,11-12H2,(H,22,23). The Kier molecular flexibility index (Phi) is 4.93. The number of imidazole rings is 1. The molecule has 1 fully saturated rings. The molecule has 3 heterocycles. The maximum absolute atomic E-state index is 13.2. The molecule has 0 radical (unpaired) electrons. The van der Waals surface area contributed by atoms with Gasteiger partial charge in [-0.2, -0.15) is 0 Å². The van der Waals surface area contributed by atoms with E-state index >= 15 is 0 Å². The SMILES string of the molecule is O=C(COCc1nc2ccc(F)cc2[nH]1)N1CCN(c2cnccn2)CC1. The van der Waals surface area contributed by atoms with Crippen LogP contribution in [0.1, 0.15) is 5.82 Å². The first-order valence-electron chi connectivity index (χ1n) is 8.70. The van der Waals surface area contributed by atoms with Gasteiger partial charge in [-0.15, -0.1) is 0 Å². The van der Waals surface area contributed by atoms with Crippen molar-refractivity contribution in [2.45, 2.75) is 6.61 Å². The van der Waals surface area contributed by atoms with Crippen molar-refractivity contribution in [3.05, 3.63) is 48.4 Å². The summed E-state index contributed by atoms with van der Waals surface area (Å²) in [6.07, 6.45) is 5.02. The topological polar surface area (TPSA) is 87.2 Å². The number of fused-ring (bicyclic) bond motifs is 1. The molecule has 1 aliphatic heterocycles. The van der Waals surface area contributed by atoms with E-state index in [0.29, 0.717) is 43.0 Å². The molecule has 8 nitrogen and oxygen atoms in total. The number of carbonyl (C=O) groups excluding carboxylic acids is 1. The minimum absolute atomic E-state index is 0.0173. The van der Waals surface area contributed by atoms with Crippen LogP contribution in [0.2, 0.25) is 0 Å². The number of hydrogen-bond donors (Lipinski definition) is 1. The second-order valence-electron chi connectivity index (χ2n) is 6.27. The number of nitrogens with zero attached hydrogens (tertiary/aromatic N) is 5. The van der Waals surface area contributed by atoms with Crippen molar-refractivity contribution >= 4 is 22.8 Å². The van der Waals surface area contributed by atoms with E-state index in [0.717, 1.165) is 5.82 Å². The number of hydrogen-bond acceptors (Lipinski definition) is 6. The van der Waals surface area contributed by atoms with Gasteiger partial charge < -0.3 is 19.5 Å². The fourth-order valence-electron chi connectivity index (χ4n) is 3.07. The molecule has 0 saturated carbocycles. The van der Waals surface area contributed by atoms with Gasteiger partial charge in [-0.25, -0.2) is 14.4 Å². The van der Waals surface area contributed by atoms with E-state index in [-0.39, 0.29) is 24.9 Å². The molecular formula is C18H19FN6O2. The number of ether oxygens (including phenoxy) is 1. The van der Waals surface area contributed by atoms with Gasteiger partial charge in [-0.05, 0) is 18.2 Å². The van der Waals surface area contributed by atoms with E-state index in [2.05, 4.69) is 24.8 Å². The van der Waals surface area contributed by atoms with E-state index in [4.69, 9.17) is 4.74 Å². The summed E-state index contributed by atoms with van der Waals surface area (Å²) in [5.74, 6) is 1.00. The van der Waals surface area contributed by atoms with Crippen LogP contribution in [0.15, 0.2) is 36.8 Å². The summed E-state index contributed by atoms with van der Waals surface area (Å²) in [4.78, 5) is 31.9. The molecule has 1 N–H and O–H groups in total. The van der Waals surface area contributed by atoms with Crippen LogP contribution >= 0.6 is 0 Å². The molecule has 9 heteroatoms. The highest BCUT2D eigenvalue weighted by Crippen LogP contribution is 2.14. The second-order valence-corrected chi connectivity index (χ2v) is 6.27. The molecule has 0 aliphatic carbocycles. The first-order valence-corrected chi connectivity index (χ1v) is 8.70. The van der Waals surface area contributed by atoms with Crippen molar-refractivity contribution in [1.82, 2.24) is 24.8 Å². The third-order valence-corrected chi connectivity index (χ3v) is 4.46. The van der Waals surface area contributed by atoms with Gasteiger partial charge >= 0.3 is 0 Å². The molecule has 0 spiro atoms. The third-order valence-electron chi connectivity index (χ3n) is 4.46. The maximum Gasteiger partial charge on any atom is 0.248 e. The Bertz CT molecular complexity index is 924. The van der Waals surface area contributed by atoms with Crippen molar-refractivity contribution in [2.75, 3.05) is 37.7 Å². The Balaban J connectivity index is 1.25. The van der Waals surface area contributed by atoms with Crippen LogP contribution in [0.4, 0.5) is 10.2 Å². The number of halogens is 1. The Labute approximate surface area is 155 Å². The summed E-state index contributed by atoms with van der Waals surface area (Å²) >= 11 is 0. The number of amides is 1. The highest BCUT2D eigenvalue weighted by Gasteiger charge is 2.22. The summed E-state index contributed by atoms with van der Waals surface area (Å²) in [6, 6.07) is 4.35. The molecule has 1 aromatic carbocycles. The zero-order valence-corrected chi connectivity index (χ0v) is 14.6. The number of piperazine rings is 1. The quantitative estimate of drug-likeness (QED) is 0.730. The van der Waals surface area contributed by atoms with Crippen LogP contribution in [0.3, 0.4) is 0 Å². The van der Waals surface area contributed by atoms with Crippen LogP contribution in [0.25, 0.3) is 11.0 Å². The van der Waals surface area contributed by atoms with Crippen LogP contribution in [-0.2, 0) is 16.1 Å². The number of carbonyl (C=O) groups is 1. The summed E-state index contributed by atoms with van der Waals surface area (Å²) in [6.45, 7) is 2.79. The van der Waals surface area contributed by atoms with Gasteiger partial charge in [0.1, 0.15) is 30.7 Å². The second kappa shape index (κ2) is 7.67. The molecular weight excluding hydrogens is 351 g/mol. The van der Waals surface area contributed by atoms with Gasteiger partial charge in [0, 0.05) is 38.6 Å². The van der Waals surface area contributed by atoms with Gasteiger partial charge in [0.05, 0.1) is 17.2 Å². The summed E-state index contributed by atoms with van der Waals surface area (Å²) < 4.78 is 18.7. The lowest BCUT2D eigenvalue weighted by Gasteiger charge is -2.35. The highest BCUT2D eigenvalue weighted by atomic mass is 19.1. The zero-order chi connectivity index (χ0) is 18.6. The molecule has 1 aliphatic rings. The van der Waals surface area contributed by atoms with Crippen LogP contribution < -0.4 is 4.90 Å². The van der Waals surface area contributed by atoms with Crippen molar-refractivity contribution in [2.24, 2.45) is 0 Å². The van der Waals surface area contributed by atoms with Crippen molar-refractivity contribution in [1.29, 1.82) is 0 Å². The Morgan fingerprint density at radius 3 is 2.85 bits per heavy atom. The normalized spacial score (nSPS) is 14.7. The van der Waals surface area contributed by atoms with E-state index in [1.165, 1.54) is 12.1 Å². The number of aromatic nitrogens is 4. The molecule has 1 amide bonds. The summed E-state index contributed by atoms with van der Waals surface area (Å²) in [7, 11) is 0. The lowest BCUT2D eigenvalue weighted by atomic mass is 10.3. The van der Waals surface area contributed by atoms with E-state index in [9.17, 15) is 9.18 Å². The average Bonchev–Trinajstić information content (AvgIpc) is 3.10. The number of H-pyrrole nitrogens is 1.